The van der Waals surface area contributed by atoms with Crippen LogP contribution in [0.1, 0.15) is 36.4 Å². The van der Waals surface area contributed by atoms with Crippen molar-refractivity contribution < 1.29 is 14.3 Å². The zero-order chi connectivity index (χ0) is 19.8. The van der Waals surface area contributed by atoms with Crippen LogP contribution in [0, 0.1) is 6.92 Å². The quantitative estimate of drug-likeness (QED) is 0.699. The molecule has 1 N–H and O–H groups in total. The van der Waals surface area contributed by atoms with E-state index in [1.807, 2.05) is 12.1 Å². The number of rotatable bonds is 8. The van der Waals surface area contributed by atoms with Crippen molar-refractivity contribution >= 4 is 18.3 Å². The van der Waals surface area contributed by atoms with E-state index in [-0.39, 0.29) is 31.0 Å². The summed E-state index contributed by atoms with van der Waals surface area (Å²) in [5, 5.41) is 3.06. The van der Waals surface area contributed by atoms with Gasteiger partial charge in [-0.2, -0.15) is 0 Å². The number of amides is 1. The van der Waals surface area contributed by atoms with E-state index in [1.54, 1.807) is 19.2 Å². The van der Waals surface area contributed by atoms with Crippen LogP contribution in [0.2, 0.25) is 0 Å². The van der Waals surface area contributed by atoms with E-state index in [0.29, 0.717) is 12.3 Å². The van der Waals surface area contributed by atoms with Crippen molar-refractivity contribution in [2.75, 3.05) is 33.4 Å². The fraction of sp³-hybridized carbons (Fsp3) is 0.435. The Balaban J connectivity index is 0.00000300. The monoisotopic (exact) mass is 418 g/mol. The number of hydrogen-bond acceptors (Lipinski definition) is 4. The number of methoxy groups -OCH3 is 1. The first kappa shape index (κ1) is 23.0. The lowest BCUT2D eigenvalue weighted by atomic mass is 10.0. The number of aryl methyl sites for hydroxylation is 1. The number of nitrogens with one attached hydrogen (secondary N) is 1. The predicted molar refractivity (Wildman–Crippen MR) is 118 cm³/mol. The molecular formula is C23H31ClN2O3. The van der Waals surface area contributed by atoms with Crippen LogP contribution in [0.25, 0.3) is 0 Å². The normalized spacial score (nSPS) is 15.1. The SMILES string of the molecule is COc1ccc(OCC(=O)NCC(c2ccc(C)cc2)N2CCCCC2)cc1.Cl. The first-order chi connectivity index (χ1) is 13.7. The van der Waals surface area contributed by atoms with Crippen LogP contribution in [-0.4, -0.2) is 44.2 Å². The third kappa shape index (κ3) is 6.94. The Labute approximate surface area is 179 Å². The predicted octanol–water partition coefficient (Wildman–Crippen LogP) is 4.15. The first-order valence-corrected chi connectivity index (χ1v) is 10.00. The highest BCUT2D eigenvalue weighted by Gasteiger charge is 2.22. The molecule has 0 radical (unpaired) electrons. The number of benzene rings is 2. The van der Waals surface area contributed by atoms with Crippen LogP contribution in [0.5, 0.6) is 11.5 Å². The minimum absolute atomic E-state index is 0. The zero-order valence-electron chi connectivity index (χ0n) is 17.2. The molecule has 5 nitrogen and oxygen atoms in total. The summed E-state index contributed by atoms with van der Waals surface area (Å²) in [6, 6.07) is 16.1. The molecule has 1 saturated heterocycles. The van der Waals surface area contributed by atoms with Gasteiger partial charge in [-0.1, -0.05) is 36.2 Å². The molecule has 158 valence electrons. The average Bonchev–Trinajstić information content (AvgIpc) is 2.75. The molecule has 2 aromatic rings. The Morgan fingerprint density at radius 2 is 1.62 bits per heavy atom. The van der Waals surface area contributed by atoms with Gasteiger partial charge >= 0.3 is 0 Å². The summed E-state index contributed by atoms with van der Waals surface area (Å²) in [5.74, 6) is 1.31. The zero-order valence-corrected chi connectivity index (χ0v) is 18.0. The summed E-state index contributed by atoms with van der Waals surface area (Å²) in [5.41, 5.74) is 2.50. The van der Waals surface area contributed by atoms with E-state index in [4.69, 9.17) is 9.47 Å². The minimum Gasteiger partial charge on any atom is -0.497 e. The van der Waals surface area contributed by atoms with Gasteiger partial charge in [0.2, 0.25) is 0 Å². The smallest absolute Gasteiger partial charge is 0.258 e. The maximum Gasteiger partial charge on any atom is 0.258 e. The van der Waals surface area contributed by atoms with Gasteiger partial charge in [-0.05, 0) is 62.7 Å². The molecule has 1 heterocycles. The molecule has 1 aliphatic heterocycles. The number of carbonyl (C=O) groups excluding carboxylic acids is 1. The van der Waals surface area contributed by atoms with E-state index < -0.39 is 0 Å². The Kier molecular flexibility index (Phi) is 9.29. The van der Waals surface area contributed by atoms with Crippen LogP contribution < -0.4 is 14.8 Å². The summed E-state index contributed by atoms with van der Waals surface area (Å²) >= 11 is 0. The van der Waals surface area contributed by atoms with E-state index in [2.05, 4.69) is 41.4 Å². The molecule has 0 saturated carbocycles. The molecule has 0 aliphatic carbocycles. The lowest BCUT2D eigenvalue weighted by molar-refractivity contribution is -0.123. The van der Waals surface area contributed by atoms with E-state index in [9.17, 15) is 4.79 Å². The minimum atomic E-state index is -0.107. The van der Waals surface area contributed by atoms with Crippen LogP contribution in [0.4, 0.5) is 0 Å². The van der Waals surface area contributed by atoms with Gasteiger partial charge in [0.15, 0.2) is 6.61 Å². The van der Waals surface area contributed by atoms with Gasteiger partial charge in [-0.3, -0.25) is 9.69 Å². The molecule has 0 aromatic heterocycles. The molecule has 1 amide bonds. The van der Waals surface area contributed by atoms with E-state index in [0.717, 1.165) is 18.8 Å². The van der Waals surface area contributed by atoms with Crippen molar-refractivity contribution in [2.45, 2.75) is 32.2 Å². The Morgan fingerprint density at radius 1 is 1.00 bits per heavy atom. The highest BCUT2D eigenvalue weighted by atomic mass is 35.5. The van der Waals surface area contributed by atoms with Crippen molar-refractivity contribution in [1.29, 1.82) is 0 Å². The van der Waals surface area contributed by atoms with Crippen LogP contribution in [0.15, 0.2) is 48.5 Å². The number of nitrogens with zero attached hydrogens (tertiary/aromatic N) is 1. The van der Waals surface area contributed by atoms with Gasteiger partial charge in [0, 0.05) is 6.54 Å². The largest absolute Gasteiger partial charge is 0.497 e. The third-order valence-electron chi connectivity index (χ3n) is 5.22. The molecule has 1 aliphatic rings. The number of halogens is 1. The maximum absolute atomic E-state index is 12.3. The fourth-order valence-electron chi connectivity index (χ4n) is 3.56. The first-order valence-electron chi connectivity index (χ1n) is 10.00. The molecule has 0 spiro atoms. The van der Waals surface area contributed by atoms with Crippen molar-refractivity contribution in [1.82, 2.24) is 10.2 Å². The number of carbonyl (C=O) groups is 1. The number of likely N-dealkylation sites (tertiary alicyclic amines) is 1. The summed E-state index contributed by atoms with van der Waals surface area (Å²) in [6.07, 6.45) is 3.73. The summed E-state index contributed by atoms with van der Waals surface area (Å²) in [4.78, 5) is 14.8. The molecule has 1 fully saturated rings. The third-order valence-corrected chi connectivity index (χ3v) is 5.22. The Bertz CT molecular complexity index is 744. The number of piperidine rings is 1. The summed E-state index contributed by atoms with van der Waals surface area (Å²) < 4.78 is 10.7. The molecule has 6 heteroatoms. The fourth-order valence-corrected chi connectivity index (χ4v) is 3.56. The second kappa shape index (κ2) is 11.7. The van der Waals surface area contributed by atoms with E-state index in [1.165, 1.54) is 30.4 Å². The molecule has 0 bridgehead atoms. The molecule has 1 atom stereocenters. The van der Waals surface area contributed by atoms with Crippen molar-refractivity contribution in [2.24, 2.45) is 0 Å². The molecule has 29 heavy (non-hydrogen) atoms. The molecule has 1 unspecified atom stereocenters. The second-order valence-electron chi connectivity index (χ2n) is 7.29. The van der Waals surface area contributed by atoms with Gasteiger partial charge in [0.25, 0.3) is 5.91 Å². The highest BCUT2D eigenvalue weighted by molar-refractivity contribution is 5.85. The average molecular weight is 419 g/mol. The van der Waals surface area contributed by atoms with Crippen molar-refractivity contribution in [3.63, 3.8) is 0 Å². The van der Waals surface area contributed by atoms with Crippen LogP contribution in [-0.2, 0) is 4.79 Å². The lowest BCUT2D eigenvalue weighted by Crippen LogP contribution is -2.41. The van der Waals surface area contributed by atoms with Gasteiger partial charge < -0.3 is 14.8 Å². The van der Waals surface area contributed by atoms with Gasteiger partial charge in [-0.25, -0.2) is 0 Å². The summed E-state index contributed by atoms with van der Waals surface area (Å²) in [7, 11) is 1.62. The van der Waals surface area contributed by atoms with Crippen molar-refractivity contribution in [3.05, 3.63) is 59.7 Å². The van der Waals surface area contributed by atoms with Crippen LogP contribution >= 0.6 is 12.4 Å². The van der Waals surface area contributed by atoms with Gasteiger partial charge in [0.05, 0.1) is 13.2 Å². The highest BCUT2D eigenvalue weighted by Crippen LogP contribution is 2.24. The van der Waals surface area contributed by atoms with Crippen molar-refractivity contribution in [3.8, 4) is 11.5 Å². The standard InChI is InChI=1S/C23H30N2O3.ClH/c1-18-6-8-19(9-7-18)22(25-14-4-3-5-15-25)16-24-23(26)17-28-21-12-10-20(27-2)11-13-21;/h6-13,22H,3-5,14-17H2,1-2H3,(H,24,26);1H. The Hall–Kier alpha value is -2.24. The maximum atomic E-state index is 12.3. The second-order valence-corrected chi connectivity index (χ2v) is 7.29. The number of hydrogen-bond donors (Lipinski definition) is 1. The molecule has 2 aromatic carbocycles. The Morgan fingerprint density at radius 3 is 2.24 bits per heavy atom. The molecule has 3 rings (SSSR count). The molecular weight excluding hydrogens is 388 g/mol. The number of ether oxygens (including phenoxy) is 2. The topological polar surface area (TPSA) is 50.8 Å². The lowest BCUT2D eigenvalue weighted by Gasteiger charge is -2.35. The van der Waals surface area contributed by atoms with Gasteiger partial charge in [-0.15, -0.1) is 12.4 Å². The van der Waals surface area contributed by atoms with Gasteiger partial charge in [0.1, 0.15) is 11.5 Å². The summed E-state index contributed by atoms with van der Waals surface area (Å²) in [6.45, 7) is 4.85. The van der Waals surface area contributed by atoms with E-state index >= 15 is 0 Å². The van der Waals surface area contributed by atoms with Crippen LogP contribution in [0.3, 0.4) is 0 Å².